The number of anilines is 1. The topological polar surface area (TPSA) is 72.2 Å². The van der Waals surface area contributed by atoms with Gasteiger partial charge in [0.2, 0.25) is 10.0 Å². The predicted octanol–water partition coefficient (Wildman–Crippen LogP) is 2.58. The molecule has 1 saturated heterocycles. The molecule has 4 nitrogen and oxygen atoms in total. The molecule has 3 N–H and O–H groups in total. The molecule has 100 valence electrons. The Hall–Kier alpha value is 0.240. The second-order valence-corrected chi connectivity index (χ2v) is 8.50. The van der Waals surface area contributed by atoms with Crippen molar-refractivity contribution in [2.24, 2.45) is 0 Å². The Labute approximate surface area is 127 Å². The minimum absolute atomic E-state index is 0.0105. The molecular weight excluding hydrogens is 404 g/mol. The lowest BCUT2D eigenvalue weighted by Gasteiger charge is -2.14. The van der Waals surface area contributed by atoms with Crippen molar-refractivity contribution in [3.63, 3.8) is 0 Å². The number of nitrogens with one attached hydrogen (secondary N) is 1. The van der Waals surface area contributed by atoms with E-state index in [1.807, 2.05) is 0 Å². The molecule has 2 rings (SSSR count). The van der Waals surface area contributed by atoms with Gasteiger partial charge in [0, 0.05) is 26.4 Å². The first-order valence-electron chi connectivity index (χ1n) is 5.25. The van der Waals surface area contributed by atoms with Crippen LogP contribution in [0.2, 0.25) is 0 Å². The number of hydrogen-bond donors (Lipinski definition) is 2. The van der Waals surface area contributed by atoms with E-state index in [0.29, 0.717) is 14.6 Å². The fraction of sp³-hybridized carbons (Fsp3) is 0.400. The maximum atomic E-state index is 12.3. The van der Waals surface area contributed by atoms with Crippen LogP contribution in [0.5, 0.6) is 0 Å². The van der Waals surface area contributed by atoms with Gasteiger partial charge in [0.25, 0.3) is 0 Å². The highest BCUT2D eigenvalue weighted by atomic mass is 79.9. The Balaban J connectivity index is 2.34. The van der Waals surface area contributed by atoms with Gasteiger partial charge in [-0.2, -0.15) is 11.8 Å². The highest BCUT2D eigenvalue weighted by molar-refractivity contribution is 9.11. The zero-order valence-corrected chi connectivity index (χ0v) is 14.1. The second-order valence-electron chi connectivity index (χ2n) is 4.00. The molecule has 1 aliphatic heterocycles. The molecule has 0 bridgehead atoms. The minimum atomic E-state index is -3.53. The summed E-state index contributed by atoms with van der Waals surface area (Å²) >= 11 is 8.26. The van der Waals surface area contributed by atoms with E-state index >= 15 is 0 Å². The Morgan fingerprint density at radius 3 is 2.44 bits per heavy atom. The number of thioether (sulfide) groups is 1. The second kappa shape index (κ2) is 5.70. The molecule has 18 heavy (non-hydrogen) atoms. The van der Waals surface area contributed by atoms with Crippen LogP contribution < -0.4 is 10.5 Å². The van der Waals surface area contributed by atoms with Crippen molar-refractivity contribution in [3.05, 3.63) is 21.1 Å². The summed E-state index contributed by atoms with van der Waals surface area (Å²) in [5.74, 6) is 1.82. The fourth-order valence-electron chi connectivity index (χ4n) is 1.74. The lowest BCUT2D eigenvalue weighted by atomic mass is 10.3. The third-order valence-electron chi connectivity index (χ3n) is 2.54. The van der Waals surface area contributed by atoms with Gasteiger partial charge in [0.15, 0.2) is 0 Å². The first kappa shape index (κ1) is 14.6. The summed E-state index contributed by atoms with van der Waals surface area (Å²) in [5, 5.41) is 0. The molecule has 1 aliphatic rings. The van der Waals surface area contributed by atoms with Crippen LogP contribution in [0.3, 0.4) is 0 Å². The van der Waals surface area contributed by atoms with Gasteiger partial charge >= 0.3 is 0 Å². The quantitative estimate of drug-likeness (QED) is 0.744. The van der Waals surface area contributed by atoms with E-state index in [0.717, 1.165) is 17.9 Å². The van der Waals surface area contributed by atoms with Gasteiger partial charge < -0.3 is 5.73 Å². The first-order valence-corrected chi connectivity index (χ1v) is 9.47. The summed E-state index contributed by atoms with van der Waals surface area (Å²) in [6, 6.07) is 3.18. The average Bonchev–Trinajstić information content (AvgIpc) is 2.66. The summed E-state index contributed by atoms with van der Waals surface area (Å²) in [6.07, 6.45) is 0.869. The van der Waals surface area contributed by atoms with E-state index in [1.165, 1.54) is 0 Å². The van der Waals surface area contributed by atoms with Gasteiger partial charge in [-0.25, -0.2) is 13.1 Å². The molecule has 0 aromatic heterocycles. The van der Waals surface area contributed by atoms with Gasteiger partial charge in [0.1, 0.15) is 4.90 Å². The number of hydrogen-bond acceptors (Lipinski definition) is 4. The Bertz CT molecular complexity index is 534. The Morgan fingerprint density at radius 1 is 1.33 bits per heavy atom. The predicted molar refractivity (Wildman–Crippen MR) is 82.3 cm³/mol. The molecular formula is C10H12Br2N2O2S2. The molecule has 1 atom stereocenters. The molecule has 0 radical (unpaired) electrons. The SMILES string of the molecule is Nc1cc(Br)c(S(=O)(=O)NC2CCSC2)c(Br)c1. The molecule has 8 heteroatoms. The molecule has 0 spiro atoms. The summed E-state index contributed by atoms with van der Waals surface area (Å²) < 4.78 is 28.3. The standard InChI is InChI=1S/C10H12Br2N2O2S2/c11-8-3-6(13)4-9(12)10(8)18(15,16)14-7-1-2-17-5-7/h3-4,7,14H,1-2,5,13H2. The van der Waals surface area contributed by atoms with Gasteiger partial charge in [0.05, 0.1) is 0 Å². The van der Waals surface area contributed by atoms with Crippen LogP contribution in [0.25, 0.3) is 0 Å². The largest absolute Gasteiger partial charge is 0.399 e. The Morgan fingerprint density at radius 2 is 1.94 bits per heavy atom. The van der Waals surface area contributed by atoms with Crippen molar-refractivity contribution in [1.29, 1.82) is 0 Å². The number of sulfonamides is 1. The zero-order chi connectivity index (χ0) is 13.3. The van der Waals surface area contributed by atoms with Crippen molar-refractivity contribution >= 4 is 59.3 Å². The van der Waals surface area contributed by atoms with E-state index in [2.05, 4.69) is 36.6 Å². The third-order valence-corrected chi connectivity index (χ3v) is 7.10. The van der Waals surface area contributed by atoms with Crippen molar-refractivity contribution in [1.82, 2.24) is 4.72 Å². The molecule has 1 unspecified atom stereocenters. The molecule has 0 saturated carbocycles. The fourth-order valence-corrected chi connectivity index (χ4v) is 6.89. The summed E-state index contributed by atoms with van der Waals surface area (Å²) in [7, 11) is -3.53. The van der Waals surface area contributed by atoms with E-state index in [-0.39, 0.29) is 10.9 Å². The van der Waals surface area contributed by atoms with E-state index in [4.69, 9.17) is 5.73 Å². The van der Waals surface area contributed by atoms with Crippen molar-refractivity contribution in [2.75, 3.05) is 17.2 Å². The van der Waals surface area contributed by atoms with Crippen molar-refractivity contribution < 1.29 is 8.42 Å². The van der Waals surface area contributed by atoms with Crippen LogP contribution in [0.1, 0.15) is 6.42 Å². The average molecular weight is 416 g/mol. The van der Waals surface area contributed by atoms with Gasteiger partial charge in [-0.1, -0.05) is 0 Å². The zero-order valence-electron chi connectivity index (χ0n) is 9.32. The molecule has 0 amide bonds. The van der Waals surface area contributed by atoms with E-state index in [9.17, 15) is 8.42 Å². The maximum Gasteiger partial charge on any atom is 0.243 e. The van der Waals surface area contributed by atoms with Crippen LogP contribution in [0.4, 0.5) is 5.69 Å². The lowest BCUT2D eigenvalue weighted by Crippen LogP contribution is -2.35. The molecule has 0 aliphatic carbocycles. The number of benzene rings is 1. The van der Waals surface area contributed by atoms with Crippen LogP contribution in [-0.2, 0) is 10.0 Å². The molecule has 1 aromatic rings. The van der Waals surface area contributed by atoms with Crippen molar-refractivity contribution in [3.8, 4) is 0 Å². The molecule has 1 heterocycles. The van der Waals surface area contributed by atoms with Crippen molar-refractivity contribution in [2.45, 2.75) is 17.4 Å². The van der Waals surface area contributed by atoms with Gasteiger partial charge in [-0.15, -0.1) is 0 Å². The summed E-state index contributed by atoms with van der Waals surface area (Å²) in [5.41, 5.74) is 6.16. The van der Waals surface area contributed by atoms with Gasteiger partial charge in [-0.3, -0.25) is 0 Å². The van der Waals surface area contributed by atoms with Gasteiger partial charge in [-0.05, 0) is 56.2 Å². The van der Waals surface area contributed by atoms with Crippen LogP contribution in [0, 0.1) is 0 Å². The van der Waals surface area contributed by atoms with Crippen LogP contribution >= 0.6 is 43.6 Å². The normalized spacial score (nSPS) is 20.2. The molecule has 1 aromatic carbocycles. The monoisotopic (exact) mass is 414 g/mol. The minimum Gasteiger partial charge on any atom is -0.399 e. The highest BCUT2D eigenvalue weighted by Crippen LogP contribution is 2.33. The molecule has 1 fully saturated rings. The number of halogens is 2. The van der Waals surface area contributed by atoms with Crippen LogP contribution in [0.15, 0.2) is 26.0 Å². The first-order chi connectivity index (χ1) is 8.40. The highest BCUT2D eigenvalue weighted by Gasteiger charge is 2.26. The number of rotatable bonds is 3. The lowest BCUT2D eigenvalue weighted by molar-refractivity contribution is 0.562. The number of nitrogen functional groups attached to an aromatic ring is 1. The van der Waals surface area contributed by atoms with E-state index in [1.54, 1.807) is 23.9 Å². The van der Waals surface area contributed by atoms with E-state index < -0.39 is 10.0 Å². The smallest absolute Gasteiger partial charge is 0.243 e. The number of nitrogens with two attached hydrogens (primary N) is 1. The maximum absolute atomic E-state index is 12.3. The van der Waals surface area contributed by atoms with Crippen LogP contribution in [-0.4, -0.2) is 26.0 Å². The summed E-state index contributed by atoms with van der Waals surface area (Å²) in [6.45, 7) is 0. The third kappa shape index (κ3) is 3.22. The Kier molecular flexibility index (Phi) is 4.64. The summed E-state index contributed by atoms with van der Waals surface area (Å²) in [4.78, 5) is 0.202.